The number of fused-ring (bicyclic) bond motifs is 1. The Morgan fingerprint density at radius 3 is 2.60 bits per heavy atom. The second-order valence-corrected chi connectivity index (χ2v) is 8.11. The molecule has 0 aliphatic rings. The van der Waals surface area contributed by atoms with Crippen LogP contribution in [0.2, 0.25) is 5.02 Å². The zero-order valence-electron chi connectivity index (χ0n) is 14.2. The van der Waals surface area contributed by atoms with Crippen LogP contribution in [0.3, 0.4) is 0 Å². The molecule has 3 rings (SSSR count). The fourth-order valence-electron chi connectivity index (χ4n) is 2.53. The van der Waals surface area contributed by atoms with Crippen molar-refractivity contribution in [3.05, 3.63) is 51.3 Å². The van der Waals surface area contributed by atoms with Crippen LogP contribution in [-0.4, -0.2) is 21.0 Å². The molecule has 25 heavy (non-hydrogen) atoms. The van der Waals surface area contributed by atoms with Crippen LogP contribution in [0.1, 0.15) is 20.8 Å². The van der Waals surface area contributed by atoms with Gasteiger partial charge in [0.1, 0.15) is 11.4 Å². The number of carbonyl (C=O) groups is 1. The van der Waals surface area contributed by atoms with Crippen LogP contribution in [0.4, 0.5) is 0 Å². The minimum atomic E-state index is -0.352. The van der Waals surface area contributed by atoms with Gasteiger partial charge in [-0.05, 0) is 38.5 Å². The molecule has 0 aliphatic heterocycles. The van der Waals surface area contributed by atoms with Gasteiger partial charge in [0.15, 0.2) is 0 Å². The van der Waals surface area contributed by atoms with Gasteiger partial charge in [-0.25, -0.2) is 4.98 Å². The first-order valence-electron chi connectivity index (χ1n) is 7.78. The standard InChI is InChI=1S/C18H18ClN3O2S/c1-18(2,3)21-14(23)8-22-10-20-16-15(17(22)24)13(9-25-16)11-4-6-12(19)7-5-11/h4-7,9-10H,8H2,1-3H3,(H,21,23). The predicted molar refractivity (Wildman–Crippen MR) is 102 cm³/mol. The number of thiophene rings is 1. The maximum atomic E-state index is 12.9. The molecule has 0 atom stereocenters. The summed E-state index contributed by atoms with van der Waals surface area (Å²) in [6.07, 6.45) is 1.43. The molecule has 1 aromatic carbocycles. The van der Waals surface area contributed by atoms with Crippen LogP contribution in [0.15, 0.2) is 40.8 Å². The van der Waals surface area contributed by atoms with Gasteiger partial charge in [-0.1, -0.05) is 23.7 Å². The zero-order chi connectivity index (χ0) is 18.2. The van der Waals surface area contributed by atoms with Crippen molar-refractivity contribution in [1.29, 1.82) is 0 Å². The molecule has 5 nitrogen and oxygen atoms in total. The number of hydrogen-bond acceptors (Lipinski definition) is 4. The summed E-state index contributed by atoms with van der Waals surface area (Å²) in [4.78, 5) is 30.0. The molecule has 1 N–H and O–H groups in total. The lowest BCUT2D eigenvalue weighted by molar-refractivity contribution is -0.123. The third-order valence-corrected chi connectivity index (χ3v) is 4.68. The minimum absolute atomic E-state index is 0.0606. The Hall–Kier alpha value is -2.18. The van der Waals surface area contributed by atoms with Crippen molar-refractivity contribution in [3.8, 4) is 11.1 Å². The second-order valence-electron chi connectivity index (χ2n) is 6.81. The quantitative estimate of drug-likeness (QED) is 0.759. The number of halogens is 1. The third-order valence-electron chi connectivity index (χ3n) is 3.54. The summed E-state index contributed by atoms with van der Waals surface area (Å²) >= 11 is 7.34. The van der Waals surface area contributed by atoms with Gasteiger partial charge in [0.25, 0.3) is 5.56 Å². The Kier molecular flexibility index (Phi) is 4.67. The number of benzene rings is 1. The zero-order valence-corrected chi connectivity index (χ0v) is 15.7. The number of amides is 1. The fourth-order valence-corrected chi connectivity index (χ4v) is 3.57. The van der Waals surface area contributed by atoms with Crippen LogP contribution in [-0.2, 0) is 11.3 Å². The van der Waals surface area contributed by atoms with E-state index < -0.39 is 0 Å². The number of carbonyl (C=O) groups excluding carboxylic acids is 1. The van der Waals surface area contributed by atoms with Gasteiger partial charge in [-0.15, -0.1) is 11.3 Å². The first kappa shape index (κ1) is 17.6. The van der Waals surface area contributed by atoms with E-state index in [-0.39, 0.29) is 23.6 Å². The lowest BCUT2D eigenvalue weighted by atomic mass is 10.1. The predicted octanol–water partition coefficient (Wildman–Crippen LogP) is 3.69. The van der Waals surface area contributed by atoms with E-state index in [0.29, 0.717) is 15.2 Å². The largest absolute Gasteiger partial charge is 0.350 e. The van der Waals surface area contributed by atoms with Gasteiger partial charge in [0.05, 0.1) is 11.7 Å². The van der Waals surface area contributed by atoms with Crippen molar-refractivity contribution in [1.82, 2.24) is 14.9 Å². The third kappa shape index (κ3) is 3.91. The molecule has 2 heterocycles. The summed E-state index contributed by atoms with van der Waals surface area (Å²) in [6.45, 7) is 5.63. The lowest BCUT2D eigenvalue weighted by Crippen LogP contribution is -2.43. The first-order chi connectivity index (χ1) is 11.7. The molecule has 3 aromatic rings. The summed E-state index contributed by atoms with van der Waals surface area (Å²) in [5.41, 5.74) is 1.13. The average molecular weight is 376 g/mol. The molecular formula is C18H18ClN3O2S. The van der Waals surface area contributed by atoms with Crippen LogP contribution < -0.4 is 10.9 Å². The molecule has 1 amide bonds. The molecule has 0 fully saturated rings. The Morgan fingerprint density at radius 1 is 1.28 bits per heavy atom. The first-order valence-corrected chi connectivity index (χ1v) is 9.04. The molecule has 0 radical (unpaired) electrons. The Morgan fingerprint density at radius 2 is 1.96 bits per heavy atom. The van der Waals surface area contributed by atoms with Crippen molar-refractivity contribution in [2.75, 3.05) is 0 Å². The number of aromatic nitrogens is 2. The second kappa shape index (κ2) is 6.61. The van der Waals surface area contributed by atoms with E-state index >= 15 is 0 Å². The highest BCUT2D eigenvalue weighted by Crippen LogP contribution is 2.31. The van der Waals surface area contributed by atoms with Gasteiger partial charge in [-0.2, -0.15) is 0 Å². The highest BCUT2D eigenvalue weighted by Gasteiger charge is 2.17. The number of nitrogens with one attached hydrogen (secondary N) is 1. The SMILES string of the molecule is CC(C)(C)NC(=O)Cn1cnc2scc(-c3ccc(Cl)cc3)c2c1=O. The van der Waals surface area contributed by atoms with Crippen LogP contribution in [0.25, 0.3) is 21.3 Å². The number of nitrogens with zero attached hydrogens (tertiary/aromatic N) is 2. The number of rotatable bonds is 3. The molecular weight excluding hydrogens is 358 g/mol. The van der Waals surface area contributed by atoms with Crippen molar-refractivity contribution >= 4 is 39.1 Å². The Bertz CT molecular complexity index is 984. The van der Waals surface area contributed by atoms with Crippen molar-refractivity contribution < 1.29 is 4.79 Å². The molecule has 7 heteroatoms. The molecule has 0 saturated heterocycles. The molecule has 130 valence electrons. The van der Waals surface area contributed by atoms with Gasteiger partial charge < -0.3 is 5.32 Å². The van der Waals surface area contributed by atoms with E-state index in [2.05, 4.69) is 10.3 Å². The number of hydrogen-bond donors (Lipinski definition) is 1. The van der Waals surface area contributed by atoms with E-state index in [0.717, 1.165) is 11.1 Å². The van der Waals surface area contributed by atoms with Gasteiger partial charge >= 0.3 is 0 Å². The van der Waals surface area contributed by atoms with Crippen molar-refractivity contribution in [2.24, 2.45) is 0 Å². The topological polar surface area (TPSA) is 64.0 Å². The molecule has 0 bridgehead atoms. The van der Waals surface area contributed by atoms with Crippen LogP contribution in [0.5, 0.6) is 0 Å². The van der Waals surface area contributed by atoms with Crippen LogP contribution in [0, 0.1) is 0 Å². The van der Waals surface area contributed by atoms with E-state index in [1.165, 1.54) is 22.2 Å². The normalized spacial score (nSPS) is 11.7. The maximum absolute atomic E-state index is 12.9. The molecule has 0 saturated carbocycles. The van der Waals surface area contributed by atoms with Gasteiger partial charge in [-0.3, -0.25) is 14.2 Å². The monoisotopic (exact) mass is 375 g/mol. The smallest absolute Gasteiger partial charge is 0.263 e. The van der Waals surface area contributed by atoms with E-state index in [9.17, 15) is 9.59 Å². The summed E-state index contributed by atoms with van der Waals surface area (Å²) in [7, 11) is 0. The highest BCUT2D eigenvalue weighted by atomic mass is 35.5. The Balaban J connectivity index is 2.02. The summed E-state index contributed by atoms with van der Waals surface area (Å²) in [5, 5.41) is 5.92. The maximum Gasteiger partial charge on any atom is 0.263 e. The summed E-state index contributed by atoms with van der Waals surface area (Å²) in [5.74, 6) is -0.223. The minimum Gasteiger partial charge on any atom is -0.350 e. The average Bonchev–Trinajstić information content (AvgIpc) is 2.94. The molecule has 0 spiro atoms. The van der Waals surface area contributed by atoms with E-state index in [1.807, 2.05) is 38.3 Å². The highest BCUT2D eigenvalue weighted by molar-refractivity contribution is 7.17. The molecule has 0 aliphatic carbocycles. The summed E-state index contributed by atoms with van der Waals surface area (Å²) < 4.78 is 1.34. The summed E-state index contributed by atoms with van der Waals surface area (Å²) in [6, 6.07) is 7.30. The Labute approximate surface area is 154 Å². The molecule has 2 aromatic heterocycles. The van der Waals surface area contributed by atoms with Gasteiger partial charge in [0, 0.05) is 21.5 Å². The molecule has 0 unspecified atom stereocenters. The van der Waals surface area contributed by atoms with Crippen molar-refractivity contribution in [3.63, 3.8) is 0 Å². The van der Waals surface area contributed by atoms with Crippen molar-refractivity contribution in [2.45, 2.75) is 32.9 Å². The lowest BCUT2D eigenvalue weighted by Gasteiger charge is -2.20. The van der Waals surface area contributed by atoms with Crippen LogP contribution >= 0.6 is 22.9 Å². The van der Waals surface area contributed by atoms with E-state index in [1.54, 1.807) is 12.1 Å². The fraction of sp³-hybridized carbons (Fsp3) is 0.278. The van der Waals surface area contributed by atoms with Gasteiger partial charge in [0.2, 0.25) is 5.91 Å². The van der Waals surface area contributed by atoms with E-state index in [4.69, 9.17) is 11.6 Å².